The van der Waals surface area contributed by atoms with E-state index >= 15 is 0 Å². The molecule has 0 radical (unpaired) electrons. The second kappa shape index (κ2) is 9.71. The number of benzene rings is 2. The fraction of sp³-hybridized carbons (Fsp3) is 0.200. The highest BCUT2D eigenvalue weighted by molar-refractivity contribution is 6.30. The molecule has 0 bridgehead atoms. The normalized spacial score (nSPS) is 10.6. The molecule has 10 heteroatoms. The van der Waals surface area contributed by atoms with Crippen molar-refractivity contribution in [2.45, 2.75) is 19.8 Å². The second-order valence-corrected chi connectivity index (χ2v) is 6.60. The summed E-state index contributed by atoms with van der Waals surface area (Å²) in [6.45, 7) is 4.68. The van der Waals surface area contributed by atoms with Gasteiger partial charge in [0.1, 0.15) is 5.56 Å². The van der Waals surface area contributed by atoms with E-state index in [-0.39, 0.29) is 13.0 Å². The zero-order chi connectivity index (χ0) is 22.6. The predicted molar refractivity (Wildman–Crippen MR) is 98.8 cm³/mol. The molecule has 0 fully saturated rings. The Kier molecular flexibility index (Phi) is 7.55. The van der Waals surface area contributed by atoms with E-state index in [0.29, 0.717) is 22.1 Å². The largest absolute Gasteiger partial charge is 0.369 e. The summed E-state index contributed by atoms with van der Waals surface area (Å²) in [6.07, 6.45) is 0.580. The van der Waals surface area contributed by atoms with Crippen LogP contribution in [0.25, 0.3) is 5.57 Å². The first kappa shape index (κ1) is 23.3. The lowest BCUT2D eigenvalue weighted by Gasteiger charge is -2.20. The summed E-state index contributed by atoms with van der Waals surface area (Å²) in [5, 5.41) is 1.00. The molecule has 160 valence electrons. The molecule has 0 aromatic heterocycles. The molecule has 0 aliphatic rings. The fourth-order valence-electron chi connectivity index (χ4n) is 2.46. The minimum atomic E-state index is -2.41. The number of allylic oxidation sites excluding steroid dienone is 1. The van der Waals surface area contributed by atoms with E-state index in [1.807, 2.05) is 0 Å². The van der Waals surface area contributed by atoms with Gasteiger partial charge in [0.15, 0.2) is 23.3 Å². The number of amides is 1. The van der Waals surface area contributed by atoms with Crippen molar-refractivity contribution in [2.75, 3.05) is 6.54 Å². The van der Waals surface area contributed by atoms with Gasteiger partial charge in [-0.1, -0.05) is 30.3 Å². The van der Waals surface area contributed by atoms with Crippen LogP contribution in [0.2, 0.25) is 5.02 Å². The van der Waals surface area contributed by atoms with Crippen molar-refractivity contribution in [3.05, 3.63) is 76.1 Å². The monoisotopic (exact) mass is 447 g/mol. The molecule has 0 aliphatic heterocycles. The van der Waals surface area contributed by atoms with Gasteiger partial charge in [-0.25, -0.2) is 26.7 Å². The number of carbonyl (C=O) groups is 2. The highest BCUT2D eigenvalue weighted by Crippen LogP contribution is 2.24. The maximum atomic E-state index is 13.7. The number of rotatable bonds is 6. The van der Waals surface area contributed by atoms with Crippen molar-refractivity contribution in [3.8, 4) is 0 Å². The fourth-order valence-corrected chi connectivity index (χ4v) is 2.59. The van der Waals surface area contributed by atoms with Crippen LogP contribution in [0.3, 0.4) is 0 Å². The van der Waals surface area contributed by atoms with Gasteiger partial charge in [-0.3, -0.25) is 4.79 Å². The highest BCUT2D eigenvalue weighted by Gasteiger charge is 2.32. The molecule has 0 atom stereocenters. The lowest BCUT2D eigenvalue weighted by molar-refractivity contribution is -0.165. The Bertz CT molecular complexity index is 966. The first-order valence-electron chi connectivity index (χ1n) is 8.50. The Morgan fingerprint density at radius 3 is 1.97 bits per heavy atom. The Balaban J connectivity index is 2.08. The molecule has 0 spiro atoms. The molecule has 2 rings (SSSR count). The number of carbonyl (C=O) groups excluding carboxylic acids is 2. The predicted octanol–water partition coefficient (Wildman–Crippen LogP) is 5.45. The highest BCUT2D eigenvalue weighted by atomic mass is 35.5. The number of nitrogens with zero attached hydrogens (tertiary/aromatic N) is 1. The van der Waals surface area contributed by atoms with Crippen LogP contribution in [-0.2, 0) is 9.63 Å². The first-order valence-corrected chi connectivity index (χ1v) is 8.88. The summed E-state index contributed by atoms with van der Waals surface area (Å²) >= 11 is 5.80. The van der Waals surface area contributed by atoms with E-state index in [0.717, 1.165) is 12.5 Å². The van der Waals surface area contributed by atoms with Gasteiger partial charge in [-0.15, -0.1) is 0 Å². The van der Waals surface area contributed by atoms with Gasteiger partial charge in [-0.2, -0.15) is 5.06 Å². The summed E-state index contributed by atoms with van der Waals surface area (Å²) in [5.74, 6) is -14.4. The molecule has 0 aliphatic carbocycles. The van der Waals surface area contributed by atoms with Crippen LogP contribution in [0, 0.1) is 29.1 Å². The number of hydroxylamine groups is 2. The van der Waals surface area contributed by atoms with Crippen LogP contribution < -0.4 is 0 Å². The molecular formula is C20H15ClF5NO3. The van der Waals surface area contributed by atoms with Crippen LogP contribution in [0.4, 0.5) is 22.0 Å². The van der Waals surface area contributed by atoms with Crippen molar-refractivity contribution in [2.24, 2.45) is 0 Å². The summed E-state index contributed by atoms with van der Waals surface area (Å²) in [6, 6.07) is 6.79. The van der Waals surface area contributed by atoms with Gasteiger partial charge < -0.3 is 4.84 Å². The van der Waals surface area contributed by atoms with Gasteiger partial charge in [0, 0.05) is 11.9 Å². The van der Waals surface area contributed by atoms with Crippen LogP contribution >= 0.6 is 11.6 Å². The van der Waals surface area contributed by atoms with Crippen LogP contribution in [0.15, 0.2) is 30.8 Å². The molecule has 0 N–H and O–H groups in total. The lowest BCUT2D eigenvalue weighted by atomic mass is 10.0. The van der Waals surface area contributed by atoms with Crippen molar-refractivity contribution in [1.29, 1.82) is 0 Å². The third-order valence-electron chi connectivity index (χ3n) is 4.05. The zero-order valence-corrected chi connectivity index (χ0v) is 16.3. The van der Waals surface area contributed by atoms with Crippen LogP contribution in [-0.4, -0.2) is 23.5 Å². The third-order valence-corrected chi connectivity index (χ3v) is 4.30. The minimum absolute atomic E-state index is 0.205. The van der Waals surface area contributed by atoms with E-state index < -0.39 is 46.5 Å². The molecule has 4 nitrogen and oxygen atoms in total. The van der Waals surface area contributed by atoms with Crippen molar-refractivity contribution in [1.82, 2.24) is 5.06 Å². The van der Waals surface area contributed by atoms with E-state index in [1.54, 1.807) is 24.3 Å². The molecule has 1 amide bonds. The van der Waals surface area contributed by atoms with E-state index in [9.17, 15) is 31.5 Å². The standard InChI is InChI=1S/C20H15ClF5NO3/c1-10(12-5-7-13(21)8-6-12)4-3-9-27(11(2)28)30-20(29)14-15(22)17(24)19(26)18(25)16(14)23/h5-8H,1,3-4,9H2,2H3. The Morgan fingerprint density at radius 1 is 0.967 bits per heavy atom. The zero-order valence-electron chi connectivity index (χ0n) is 15.6. The van der Waals surface area contributed by atoms with E-state index in [4.69, 9.17) is 11.6 Å². The molecule has 2 aromatic carbocycles. The van der Waals surface area contributed by atoms with Gasteiger partial charge in [0.05, 0.1) is 6.54 Å². The van der Waals surface area contributed by atoms with Crippen LogP contribution in [0.5, 0.6) is 0 Å². The molecule has 0 heterocycles. The Morgan fingerprint density at radius 2 is 1.47 bits per heavy atom. The van der Waals surface area contributed by atoms with Crippen molar-refractivity contribution < 1.29 is 36.4 Å². The lowest BCUT2D eigenvalue weighted by Crippen LogP contribution is -2.33. The molecule has 0 unspecified atom stereocenters. The quantitative estimate of drug-likeness (QED) is 0.256. The average Bonchev–Trinajstić information content (AvgIpc) is 2.70. The molecule has 0 saturated carbocycles. The van der Waals surface area contributed by atoms with Crippen molar-refractivity contribution in [3.63, 3.8) is 0 Å². The van der Waals surface area contributed by atoms with Crippen molar-refractivity contribution >= 4 is 29.1 Å². The summed E-state index contributed by atoms with van der Waals surface area (Å²) in [5.41, 5.74) is -0.323. The number of halogens is 6. The Labute approximate surface area is 173 Å². The second-order valence-electron chi connectivity index (χ2n) is 6.16. The molecule has 30 heavy (non-hydrogen) atoms. The molecular weight excluding hydrogens is 433 g/mol. The average molecular weight is 448 g/mol. The minimum Gasteiger partial charge on any atom is -0.332 e. The maximum Gasteiger partial charge on any atom is 0.369 e. The van der Waals surface area contributed by atoms with Gasteiger partial charge in [0.2, 0.25) is 5.82 Å². The maximum absolute atomic E-state index is 13.7. The molecule has 2 aromatic rings. The topological polar surface area (TPSA) is 46.6 Å². The number of hydrogen-bond acceptors (Lipinski definition) is 3. The first-order chi connectivity index (χ1) is 14.0. The van der Waals surface area contributed by atoms with Gasteiger partial charge in [0.25, 0.3) is 5.91 Å². The summed E-state index contributed by atoms with van der Waals surface area (Å²) in [4.78, 5) is 28.2. The number of hydrogen-bond donors (Lipinski definition) is 0. The van der Waals surface area contributed by atoms with E-state index in [2.05, 4.69) is 11.4 Å². The van der Waals surface area contributed by atoms with Gasteiger partial charge in [-0.05, 0) is 36.1 Å². The smallest absolute Gasteiger partial charge is 0.332 e. The third kappa shape index (κ3) is 5.15. The SMILES string of the molecule is C=C(CCCN(OC(=O)c1c(F)c(F)c(F)c(F)c1F)C(C)=O)c1ccc(Cl)cc1. The molecule has 0 saturated heterocycles. The summed E-state index contributed by atoms with van der Waals surface area (Å²) < 4.78 is 67.1. The summed E-state index contributed by atoms with van der Waals surface area (Å²) in [7, 11) is 0. The van der Waals surface area contributed by atoms with E-state index in [1.165, 1.54) is 0 Å². The Hall–Kier alpha value is -2.94. The van der Waals surface area contributed by atoms with Gasteiger partial charge >= 0.3 is 5.97 Å². The van der Waals surface area contributed by atoms with Crippen LogP contribution in [0.1, 0.15) is 35.7 Å².